The molecule has 0 spiro atoms. The second-order valence-corrected chi connectivity index (χ2v) is 6.87. The molecular weight excluding hydrogens is 354 g/mol. The molecule has 2 amide bonds. The van der Waals surface area contributed by atoms with E-state index in [-0.39, 0.29) is 12.8 Å². The maximum Gasteiger partial charge on any atom is 0.320 e. The zero-order valence-electron chi connectivity index (χ0n) is 16.9. The number of benzene rings is 2. The van der Waals surface area contributed by atoms with Gasteiger partial charge in [-0.2, -0.15) is 0 Å². The largest absolute Gasteiger partial charge is 0.494 e. The molecule has 0 radical (unpaired) electrons. The first-order chi connectivity index (χ1) is 13.6. The van der Waals surface area contributed by atoms with Crippen LogP contribution in [0.3, 0.4) is 0 Å². The molecule has 3 rings (SSSR count). The smallest absolute Gasteiger partial charge is 0.320 e. The summed E-state index contributed by atoms with van der Waals surface area (Å²) >= 11 is 0. The van der Waals surface area contributed by atoms with Crippen molar-refractivity contribution in [1.29, 1.82) is 0 Å². The van der Waals surface area contributed by atoms with E-state index >= 15 is 0 Å². The van der Waals surface area contributed by atoms with Crippen LogP contribution in [0.25, 0.3) is 0 Å². The van der Waals surface area contributed by atoms with Crippen LogP contribution in [-0.2, 0) is 0 Å². The summed E-state index contributed by atoms with van der Waals surface area (Å²) in [7, 11) is 0. The number of ether oxygens (including phenoxy) is 2. The molecule has 2 aromatic carbocycles. The Morgan fingerprint density at radius 1 is 0.964 bits per heavy atom. The van der Waals surface area contributed by atoms with Crippen LogP contribution in [0.2, 0.25) is 0 Å². The molecule has 0 unspecified atom stereocenters. The van der Waals surface area contributed by atoms with Crippen LogP contribution in [0.4, 0.5) is 10.5 Å². The van der Waals surface area contributed by atoms with Crippen molar-refractivity contribution < 1.29 is 14.3 Å². The highest BCUT2D eigenvalue weighted by molar-refractivity contribution is 5.74. The lowest BCUT2D eigenvalue weighted by atomic mass is 10.1. The number of piperazine rings is 1. The normalized spacial score (nSPS) is 14.0. The monoisotopic (exact) mass is 383 g/mol. The third-order valence-corrected chi connectivity index (χ3v) is 5.08. The number of urea groups is 1. The summed E-state index contributed by atoms with van der Waals surface area (Å²) in [5.41, 5.74) is 3.87. The minimum absolute atomic E-state index is 0.0912. The van der Waals surface area contributed by atoms with Crippen LogP contribution in [0.15, 0.2) is 42.5 Å². The van der Waals surface area contributed by atoms with Gasteiger partial charge < -0.3 is 24.6 Å². The molecule has 2 aromatic rings. The number of carbonyl (C=O) groups excluding carboxylic acids is 1. The second-order valence-electron chi connectivity index (χ2n) is 6.87. The van der Waals surface area contributed by atoms with Crippen molar-refractivity contribution in [2.24, 2.45) is 0 Å². The van der Waals surface area contributed by atoms with Crippen LogP contribution >= 0.6 is 0 Å². The third-order valence-electron chi connectivity index (χ3n) is 5.08. The standard InChI is InChI=1S/C22H29N3O3/c1-4-27-19-8-10-20(11-9-19)28-16-23-22(26)25-14-12-24(13-15-25)21-7-5-6-17(2)18(21)3/h5-11H,4,12-16H2,1-3H3,(H,23,26). The molecule has 1 aliphatic rings. The van der Waals surface area contributed by atoms with E-state index in [1.54, 1.807) is 0 Å². The number of aryl methyl sites for hydroxylation is 1. The SMILES string of the molecule is CCOc1ccc(OCNC(=O)N2CCN(c3cccc(C)c3C)CC2)cc1. The van der Waals surface area contributed by atoms with Gasteiger partial charge in [0.25, 0.3) is 0 Å². The van der Waals surface area contributed by atoms with Crippen molar-refractivity contribution in [3.05, 3.63) is 53.6 Å². The van der Waals surface area contributed by atoms with Gasteiger partial charge in [-0.3, -0.25) is 0 Å². The summed E-state index contributed by atoms with van der Waals surface area (Å²) in [4.78, 5) is 16.6. The summed E-state index contributed by atoms with van der Waals surface area (Å²) in [5.74, 6) is 1.50. The van der Waals surface area contributed by atoms with Crippen molar-refractivity contribution in [1.82, 2.24) is 10.2 Å². The van der Waals surface area contributed by atoms with Crippen molar-refractivity contribution in [3.63, 3.8) is 0 Å². The maximum absolute atomic E-state index is 12.4. The van der Waals surface area contributed by atoms with E-state index in [1.807, 2.05) is 36.1 Å². The molecule has 6 heteroatoms. The molecule has 0 bridgehead atoms. The van der Waals surface area contributed by atoms with Gasteiger partial charge in [-0.25, -0.2) is 4.79 Å². The van der Waals surface area contributed by atoms with Crippen molar-refractivity contribution in [3.8, 4) is 11.5 Å². The number of amides is 2. The molecule has 28 heavy (non-hydrogen) atoms. The fourth-order valence-electron chi connectivity index (χ4n) is 3.32. The second kappa shape index (κ2) is 9.35. The first kappa shape index (κ1) is 19.9. The molecule has 1 heterocycles. The number of rotatable bonds is 6. The fraction of sp³-hybridized carbons (Fsp3) is 0.409. The first-order valence-corrected chi connectivity index (χ1v) is 9.78. The molecule has 150 valence electrons. The maximum atomic E-state index is 12.4. The number of nitrogens with zero attached hydrogens (tertiary/aromatic N) is 2. The van der Waals surface area contributed by atoms with Gasteiger partial charge >= 0.3 is 6.03 Å². The Morgan fingerprint density at radius 3 is 2.25 bits per heavy atom. The summed E-state index contributed by atoms with van der Waals surface area (Å²) in [6, 6.07) is 13.7. The summed E-state index contributed by atoms with van der Waals surface area (Å²) in [6.45, 7) is 10.1. The zero-order chi connectivity index (χ0) is 19.9. The van der Waals surface area contributed by atoms with Crippen molar-refractivity contribution in [2.75, 3.05) is 44.4 Å². The van der Waals surface area contributed by atoms with Crippen LogP contribution < -0.4 is 19.7 Å². The predicted octanol–water partition coefficient (Wildman–Crippen LogP) is 3.57. The number of carbonyl (C=O) groups is 1. The van der Waals surface area contributed by atoms with Gasteiger partial charge in [0.05, 0.1) is 6.61 Å². The predicted molar refractivity (Wildman–Crippen MR) is 111 cm³/mol. The van der Waals surface area contributed by atoms with Gasteiger partial charge in [-0.15, -0.1) is 0 Å². The topological polar surface area (TPSA) is 54.0 Å². The average molecular weight is 383 g/mol. The van der Waals surface area contributed by atoms with Crippen molar-refractivity contribution >= 4 is 11.7 Å². The third kappa shape index (κ3) is 4.88. The summed E-state index contributed by atoms with van der Waals surface area (Å²) in [6.07, 6.45) is 0. The van der Waals surface area contributed by atoms with Crippen LogP contribution in [0, 0.1) is 13.8 Å². The Bertz CT molecular complexity index is 784. The van der Waals surface area contributed by atoms with Gasteiger partial charge in [0.2, 0.25) is 0 Å². The lowest BCUT2D eigenvalue weighted by molar-refractivity contribution is 0.181. The Kier molecular flexibility index (Phi) is 6.63. The molecule has 0 saturated carbocycles. The van der Waals surface area contributed by atoms with Crippen LogP contribution in [-0.4, -0.2) is 50.4 Å². The summed E-state index contributed by atoms with van der Waals surface area (Å²) in [5, 5.41) is 2.83. The lowest BCUT2D eigenvalue weighted by Crippen LogP contribution is -2.52. The van der Waals surface area contributed by atoms with Gasteiger partial charge in [0, 0.05) is 31.9 Å². The van der Waals surface area contributed by atoms with E-state index in [0.29, 0.717) is 25.4 Å². The van der Waals surface area contributed by atoms with Crippen LogP contribution in [0.1, 0.15) is 18.1 Å². The minimum atomic E-state index is -0.0912. The molecule has 0 aliphatic carbocycles. The number of hydrogen-bond donors (Lipinski definition) is 1. The van der Waals surface area contributed by atoms with Gasteiger partial charge in [-0.05, 0) is 62.2 Å². The number of nitrogens with one attached hydrogen (secondary N) is 1. The highest BCUT2D eigenvalue weighted by atomic mass is 16.5. The Hall–Kier alpha value is -2.89. The Labute approximate surface area is 167 Å². The van der Waals surface area contributed by atoms with Gasteiger partial charge in [-0.1, -0.05) is 12.1 Å². The molecule has 0 atom stereocenters. The Morgan fingerprint density at radius 2 is 1.61 bits per heavy atom. The molecule has 1 N–H and O–H groups in total. The first-order valence-electron chi connectivity index (χ1n) is 9.78. The fourth-order valence-corrected chi connectivity index (χ4v) is 3.32. The van der Waals surface area contributed by atoms with Crippen molar-refractivity contribution in [2.45, 2.75) is 20.8 Å². The molecule has 1 saturated heterocycles. The summed E-state index contributed by atoms with van der Waals surface area (Å²) < 4.78 is 11.0. The highest BCUT2D eigenvalue weighted by Crippen LogP contribution is 2.24. The van der Waals surface area contributed by atoms with Gasteiger partial charge in [0.15, 0.2) is 6.73 Å². The average Bonchev–Trinajstić information content (AvgIpc) is 2.72. The molecule has 1 fully saturated rings. The van der Waals surface area contributed by atoms with Crippen LogP contribution in [0.5, 0.6) is 11.5 Å². The quantitative estimate of drug-likeness (QED) is 0.775. The molecule has 6 nitrogen and oxygen atoms in total. The lowest BCUT2D eigenvalue weighted by Gasteiger charge is -2.37. The molecule has 1 aliphatic heterocycles. The zero-order valence-corrected chi connectivity index (χ0v) is 16.9. The van der Waals surface area contributed by atoms with E-state index in [9.17, 15) is 4.79 Å². The van der Waals surface area contributed by atoms with E-state index in [4.69, 9.17) is 9.47 Å². The molecular formula is C22H29N3O3. The highest BCUT2D eigenvalue weighted by Gasteiger charge is 2.22. The minimum Gasteiger partial charge on any atom is -0.494 e. The Balaban J connectivity index is 1.43. The number of hydrogen-bond acceptors (Lipinski definition) is 4. The van der Waals surface area contributed by atoms with E-state index < -0.39 is 0 Å². The van der Waals surface area contributed by atoms with E-state index in [0.717, 1.165) is 18.8 Å². The van der Waals surface area contributed by atoms with Gasteiger partial charge in [0.1, 0.15) is 11.5 Å². The van der Waals surface area contributed by atoms with E-state index in [2.05, 4.69) is 42.3 Å². The number of anilines is 1. The van der Waals surface area contributed by atoms with E-state index in [1.165, 1.54) is 16.8 Å². The molecule has 0 aromatic heterocycles.